The summed E-state index contributed by atoms with van der Waals surface area (Å²) in [5.74, 6) is -1.44. The van der Waals surface area contributed by atoms with Gasteiger partial charge in [0.1, 0.15) is 5.82 Å². The minimum Gasteiger partial charge on any atom is -0.481 e. The van der Waals surface area contributed by atoms with Gasteiger partial charge in [0.2, 0.25) is 5.91 Å². The molecule has 0 spiro atoms. The molecule has 114 valence electrons. The zero-order valence-electron chi connectivity index (χ0n) is 11.5. The summed E-state index contributed by atoms with van der Waals surface area (Å²) in [6.45, 7) is 0.409. The van der Waals surface area contributed by atoms with Crippen molar-refractivity contribution in [1.29, 1.82) is 0 Å². The van der Waals surface area contributed by atoms with E-state index < -0.39 is 11.4 Å². The van der Waals surface area contributed by atoms with Crippen LogP contribution in [0.25, 0.3) is 0 Å². The number of carboxylic acids is 1. The third-order valence-electron chi connectivity index (χ3n) is 3.98. The third-order valence-corrected chi connectivity index (χ3v) is 4.59. The summed E-state index contributed by atoms with van der Waals surface area (Å²) in [7, 11) is 0. The SMILES string of the molecule is O=C(CC1(C(=O)O)CCC1)NCCc1ccc(F)c(Br)c1. The molecule has 4 nitrogen and oxygen atoms in total. The first kappa shape index (κ1) is 15.9. The first-order chi connectivity index (χ1) is 9.93. The minimum absolute atomic E-state index is 0.0371. The largest absolute Gasteiger partial charge is 0.481 e. The summed E-state index contributed by atoms with van der Waals surface area (Å²) in [6.07, 6.45) is 2.62. The summed E-state index contributed by atoms with van der Waals surface area (Å²) < 4.78 is 13.5. The molecule has 0 atom stereocenters. The van der Waals surface area contributed by atoms with E-state index in [4.69, 9.17) is 0 Å². The van der Waals surface area contributed by atoms with Gasteiger partial charge >= 0.3 is 5.97 Å². The number of hydrogen-bond acceptors (Lipinski definition) is 2. The lowest BCUT2D eigenvalue weighted by molar-refractivity contribution is -0.157. The normalized spacial score (nSPS) is 16.1. The van der Waals surface area contributed by atoms with Gasteiger partial charge in [-0.05, 0) is 52.9 Å². The van der Waals surface area contributed by atoms with Gasteiger partial charge in [0.05, 0.1) is 9.89 Å². The molecule has 0 saturated heterocycles. The molecule has 1 aromatic rings. The summed E-state index contributed by atoms with van der Waals surface area (Å²) in [4.78, 5) is 23.0. The molecular formula is C15H17BrFNO3. The van der Waals surface area contributed by atoms with Gasteiger partial charge in [-0.15, -0.1) is 0 Å². The van der Waals surface area contributed by atoms with Gasteiger partial charge in [-0.25, -0.2) is 4.39 Å². The lowest BCUT2D eigenvalue weighted by Crippen LogP contribution is -2.42. The third kappa shape index (κ3) is 3.81. The zero-order chi connectivity index (χ0) is 15.5. The molecule has 2 rings (SSSR count). The molecule has 0 aromatic heterocycles. The molecule has 0 bridgehead atoms. The van der Waals surface area contributed by atoms with Gasteiger partial charge in [-0.3, -0.25) is 9.59 Å². The van der Waals surface area contributed by atoms with E-state index in [9.17, 15) is 19.1 Å². The predicted octanol–water partition coefficient (Wildman–Crippen LogP) is 2.89. The van der Waals surface area contributed by atoms with Gasteiger partial charge in [-0.2, -0.15) is 0 Å². The van der Waals surface area contributed by atoms with Crippen LogP contribution < -0.4 is 5.32 Å². The highest BCUT2D eigenvalue weighted by Crippen LogP contribution is 2.44. The molecule has 1 amide bonds. The van der Waals surface area contributed by atoms with Crippen molar-refractivity contribution >= 4 is 27.8 Å². The molecule has 0 heterocycles. The Labute approximate surface area is 130 Å². The van der Waals surface area contributed by atoms with Gasteiger partial charge in [0.25, 0.3) is 0 Å². The Balaban J connectivity index is 1.79. The van der Waals surface area contributed by atoms with Crippen LogP contribution in [0.3, 0.4) is 0 Å². The number of carboxylic acid groups (broad SMARTS) is 1. The highest BCUT2D eigenvalue weighted by Gasteiger charge is 2.45. The number of aliphatic carboxylic acids is 1. The van der Waals surface area contributed by atoms with Crippen molar-refractivity contribution in [2.24, 2.45) is 5.41 Å². The second kappa shape index (κ2) is 6.56. The Morgan fingerprint density at radius 1 is 1.38 bits per heavy atom. The van der Waals surface area contributed by atoms with Crippen LogP contribution in [0.1, 0.15) is 31.2 Å². The lowest BCUT2D eigenvalue weighted by atomic mass is 9.66. The standard InChI is InChI=1S/C15H17BrFNO3/c16-11-8-10(2-3-12(11)17)4-7-18-13(19)9-15(14(20)21)5-1-6-15/h2-3,8H,1,4-7,9H2,(H,18,19)(H,20,21). The maximum atomic E-state index is 13.1. The molecule has 1 aromatic carbocycles. The van der Waals surface area contributed by atoms with E-state index in [0.717, 1.165) is 12.0 Å². The fourth-order valence-corrected chi connectivity index (χ4v) is 2.91. The Kier molecular flexibility index (Phi) is 4.98. The minimum atomic E-state index is -0.883. The topological polar surface area (TPSA) is 66.4 Å². The number of nitrogens with one attached hydrogen (secondary N) is 1. The molecule has 1 fully saturated rings. The first-order valence-electron chi connectivity index (χ1n) is 6.87. The van der Waals surface area contributed by atoms with Crippen LogP contribution in [0, 0.1) is 11.2 Å². The Hall–Kier alpha value is -1.43. The van der Waals surface area contributed by atoms with E-state index in [1.54, 1.807) is 12.1 Å². The van der Waals surface area contributed by atoms with Crippen molar-refractivity contribution in [1.82, 2.24) is 5.32 Å². The number of amides is 1. The second-order valence-corrected chi connectivity index (χ2v) is 6.32. The van der Waals surface area contributed by atoms with E-state index in [2.05, 4.69) is 21.2 Å². The van der Waals surface area contributed by atoms with Crippen molar-refractivity contribution < 1.29 is 19.1 Å². The van der Waals surface area contributed by atoms with Gasteiger partial charge < -0.3 is 10.4 Å². The van der Waals surface area contributed by atoms with Crippen LogP contribution in [0.2, 0.25) is 0 Å². The maximum absolute atomic E-state index is 13.1. The van der Waals surface area contributed by atoms with Crippen molar-refractivity contribution in [3.63, 3.8) is 0 Å². The Morgan fingerprint density at radius 2 is 2.10 bits per heavy atom. The highest BCUT2D eigenvalue weighted by molar-refractivity contribution is 9.10. The van der Waals surface area contributed by atoms with Crippen molar-refractivity contribution in [2.45, 2.75) is 32.1 Å². The van der Waals surface area contributed by atoms with Gasteiger partial charge in [-0.1, -0.05) is 12.5 Å². The first-order valence-corrected chi connectivity index (χ1v) is 7.66. The van der Waals surface area contributed by atoms with Crippen molar-refractivity contribution in [3.8, 4) is 0 Å². The van der Waals surface area contributed by atoms with Gasteiger partial charge in [0.15, 0.2) is 0 Å². The van der Waals surface area contributed by atoms with E-state index in [-0.39, 0.29) is 18.1 Å². The molecule has 0 aliphatic heterocycles. The number of carbonyl (C=O) groups is 2. The number of benzene rings is 1. The predicted molar refractivity (Wildman–Crippen MR) is 79.4 cm³/mol. The average molecular weight is 358 g/mol. The van der Waals surface area contributed by atoms with Crippen LogP contribution in [-0.4, -0.2) is 23.5 Å². The molecule has 0 unspecified atom stereocenters. The Bertz CT molecular complexity index is 558. The molecule has 6 heteroatoms. The van der Waals surface area contributed by atoms with Crippen LogP contribution >= 0.6 is 15.9 Å². The lowest BCUT2D eigenvalue weighted by Gasteiger charge is -2.36. The molecule has 0 radical (unpaired) electrons. The molecular weight excluding hydrogens is 341 g/mol. The summed E-state index contributed by atoms with van der Waals surface area (Å²) in [5, 5.41) is 11.9. The van der Waals surface area contributed by atoms with Crippen molar-refractivity contribution in [3.05, 3.63) is 34.1 Å². The molecule has 1 aliphatic rings. The molecule has 1 saturated carbocycles. The average Bonchev–Trinajstić information content (AvgIpc) is 2.37. The zero-order valence-corrected chi connectivity index (χ0v) is 13.1. The van der Waals surface area contributed by atoms with Crippen LogP contribution in [0.15, 0.2) is 22.7 Å². The monoisotopic (exact) mass is 357 g/mol. The van der Waals surface area contributed by atoms with Gasteiger partial charge in [0, 0.05) is 13.0 Å². The quantitative estimate of drug-likeness (QED) is 0.822. The number of hydrogen-bond donors (Lipinski definition) is 2. The molecule has 2 N–H and O–H groups in total. The maximum Gasteiger partial charge on any atom is 0.310 e. The number of carbonyl (C=O) groups excluding carboxylic acids is 1. The van der Waals surface area contributed by atoms with Crippen LogP contribution in [-0.2, 0) is 16.0 Å². The summed E-state index contributed by atoms with van der Waals surface area (Å²) >= 11 is 3.11. The fraction of sp³-hybridized carbons (Fsp3) is 0.467. The Morgan fingerprint density at radius 3 is 2.62 bits per heavy atom. The summed E-state index contributed by atoms with van der Waals surface area (Å²) in [6, 6.07) is 4.71. The van der Waals surface area contributed by atoms with E-state index in [1.807, 2.05) is 0 Å². The highest BCUT2D eigenvalue weighted by atomic mass is 79.9. The fourth-order valence-electron chi connectivity index (χ4n) is 2.48. The molecule has 21 heavy (non-hydrogen) atoms. The van der Waals surface area contributed by atoms with Crippen molar-refractivity contribution in [2.75, 3.05) is 6.54 Å². The number of halogens is 2. The van der Waals surface area contributed by atoms with E-state index >= 15 is 0 Å². The second-order valence-electron chi connectivity index (χ2n) is 5.46. The van der Waals surface area contributed by atoms with Crippen LogP contribution in [0.5, 0.6) is 0 Å². The smallest absolute Gasteiger partial charge is 0.310 e. The van der Waals surface area contributed by atoms with E-state index in [1.165, 1.54) is 6.07 Å². The molecule has 1 aliphatic carbocycles. The van der Waals surface area contributed by atoms with E-state index in [0.29, 0.717) is 30.3 Å². The number of rotatable bonds is 6. The summed E-state index contributed by atoms with van der Waals surface area (Å²) in [5.41, 5.74) is 0.0448. The van der Waals surface area contributed by atoms with Crippen LogP contribution in [0.4, 0.5) is 4.39 Å².